The van der Waals surface area contributed by atoms with Crippen LogP contribution < -0.4 is 4.90 Å². The summed E-state index contributed by atoms with van der Waals surface area (Å²) in [6, 6.07) is 9.52. The number of rotatable bonds is 4. The summed E-state index contributed by atoms with van der Waals surface area (Å²) < 4.78 is 6.84. The van der Waals surface area contributed by atoms with Gasteiger partial charge in [-0.25, -0.2) is 14.6 Å². The van der Waals surface area contributed by atoms with Gasteiger partial charge in [-0.15, -0.1) is 0 Å². The monoisotopic (exact) mass is 430 g/mol. The molecule has 0 aromatic carbocycles. The summed E-state index contributed by atoms with van der Waals surface area (Å²) in [5.41, 5.74) is 2.05. The highest BCUT2D eigenvalue weighted by Gasteiger charge is 2.25. The van der Waals surface area contributed by atoms with Crippen LogP contribution in [-0.4, -0.2) is 66.9 Å². The van der Waals surface area contributed by atoms with Crippen molar-refractivity contribution in [2.45, 2.75) is 13.8 Å². The molecule has 0 N–H and O–H groups in total. The Labute approximate surface area is 184 Å². The summed E-state index contributed by atoms with van der Waals surface area (Å²) in [6.45, 7) is 6.40. The molecule has 0 bridgehead atoms. The quantitative estimate of drug-likeness (QED) is 0.486. The number of anilines is 1. The zero-order valence-corrected chi connectivity index (χ0v) is 17.8. The Balaban J connectivity index is 1.29. The molecular weight excluding hydrogens is 408 g/mol. The van der Waals surface area contributed by atoms with Gasteiger partial charge in [-0.05, 0) is 38.1 Å². The number of carbonyl (C=O) groups is 1. The Bertz CT molecular complexity index is 1220. The van der Waals surface area contributed by atoms with Gasteiger partial charge in [0.15, 0.2) is 11.6 Å². The Kier molecular flexibility index (Phi) is 5.10. The lowest BCUT2D eigenvalue weighted by Gasteiger charge is -2.35. The zero-order valence-electron chi connectivity index (χ0n) is 17.8. The Hall–Kier alpha value is -4.08. The molecule has 1 saturated heterocycles. The van der Waals surface area contributed by atoms with Crippen molar-refractivity contribution < 1.29 is 9.32 Å². The molecule has 0 atom stereocenters. The Morgan fingerprint density at radius 1 is 0.969 bits per heavy atom. The summed E-state index contributed by atoms with van der Waals surface area (Å²) in [5.74, 6) is 2.51. The first-order chi connectivity index (χ1) is 15.6. The maximum atomic E-state index is 13.1. The number of hydrogen-bond acceptors (Lipinski definition) is 8. The van der Waals surface area contributed by atoms with Gasteiger partial charge in [-0.2, -0.15) is 10.1 Å². The molecule has 1 aliphatic heterocycles. The molecule has 10 nitrogen and oxygen atoms in total. The van der Waals surface area contributed by atoms with Gasteiger partial charge in [0.25, 0.3) is 11.8 Å². The molecule has 0 radical (unpaired) electrons. The number of pyridine rings is 2. The van der Waals surface area contributed by atoms with Crippen LogP contribution in [0.2, 0.25) is 0 Å². The molecule has 32 heavy (non-hydrogen) atoms. The van der Waals surface area contributed by atoms with Crippen LogP contribution in [0.5, 0.6) is 0 Å². The van der Waals surface area contributed by atoms with Crippen LogP contribution in [0.25, 0.3) is 17.3 Å². The van der Waals surface area contributed by atoms with Crippen molar-refractivity contribution in [3.8, 4) is 17.3 Å². The second kappa shape index (κ2) is 8.22. The topological polar surface area (TPSA) is 106 Å². The molecule has 5 heterocycles. The van der Waals surface area contributed by atoms with E-state index in [4.69, 9.17) is 4.52 Å². The van der Waals surface area contributed by atoms with Gasteiger partial charge in [0.2, 0.25) is 0 Å². The largest absolute Gasteiger partial charge is 0.353 e. The standard InChI is InChI=1S/C22H22N8O2/c1-15-18(22(31)29-11-9-28(10-12-29)19-5-3-4-8-23-19)14-25-30(15)20-7-6-17(13-24-20)21-26-16(2)27-32-21/h3-8,13-14H,9-12H2,1-2H3. The van der Waals surface area contributed by atoms with Crippen molar-refractivity contribution in [1.82, 2.24) is 34.8 Å². The summed E-state index contributed by atoms with van der Waals surface area (Å²) in [5, 5.41) is 8.20. The van der Waals surface area contributed by atoms with Gasteiger partial charge >= 0.3 is 0 Å². The van der Waals surface area contributed by atoms with E-state index in [1.165, 1.54) is 0 Å². The number of hydrogen-bond donors (Lipinski definition) is 0. The summed E-state index contributed by atoms with van der Waals surface area (Å²) in [4.78, 5) is 30.3. The molecule has 1 aliphatic rings. The van der Waals surface area contributed by atoms with Crippen molar-refractivity contribution in [1.29, 1.82) is 0 Å². The predicted molar refractivity (Wildman–Crippen MR) is 116 cm³/mol. The van der Waals surface area contributed by atoms with Crippen LogP contribution in [0.3, 0.4) is 0 Å². The zero-order chi connectivity index (χ0) is 22.1. The third kappa shape index (κ3) is 3.70. The number of carbonyl (C=O) groups excluding carboxylic acids is 1. The number of amides is 1. The molecule has 0 unspecified atom stereocenters. The third-order valence-corrected chi connectivity index (χ3v) is 5.52. The highest BCUT2D eigenvalue weighted by atomic mass is 16.5. The molecule has 4 aromatic heterocycles. The van der Waals surface area contributed by atoms with Crippen LogP contribution in [0, 0.1) is 13.8 Å². The van der Waals surface area contributed by atoms with Gasteiger partial charge < -0.3 is 14.3 Å². The highest BCUT2D eigenvalue weighted by Crippen LogP contribution is 2.20. The maximum Gasteiger partial charge on any atom is 0.259 e. The molecule has 0 spiro atoms. The van der Waals surface area contributed by atoms with E-state index in [0.717, 1.165) is 30.2 Å². The fraction of sp³-hybridized carbons (Fsp3) is 0.273. The lowest BCUT2D eigenvalue weighted by atomic mass is 10.2. The fourth-order valence-corrected chi connectivity index (χ4v) is 3.75. The van der Waals surface area contributed by atoms with E-state index in [2.05, 4.69) is 30.1 Å². The van der Waals surface area contributed by atoms with Gasteiger partial charge in [-0.3, -0.25) is 4.79 Å². The van der Waals surface area contributed by atoms with Crippen LogP contribution in [-0.2, 0) is 0 Å². The first kappa shape index (κ1) is 19.9. The summed E-state index contributed by atoms with van der Waals surface area (Å²) >= 11 is 0. The van der Waals surface area contributed by atoms with E-state index in [1.54, 1.807) is 30.2 Å². The second-order valence-electron chi connectivity index (χ2n) is 7.57. The molecule has 4 aromatic rings. The van der Waals surface area contributed by atoms with Crippen LogP contribution >= 0.6 is 0 Å². The molecule has 1 fully saturated rings. The maximum absolute atomic E-state index is 13.1. The van der Waals surface area contributed by atoms with E-state index in [0.29, 0.717) is 36.2 Å². The number of nitrogens with zero attached hydrogens (tertiary/aromatic N) is 8. The van der Waals surface area contributed by atoms with Crippen molar-refractivity contribution in [3.05, 3.63) is 66.0 Å². The average molecular weight is 430 g/mol. The summed E-state index contributed by atoms with van der Waals surface area (Å²) in [7, 11) is 0. The SMILES string of the molecule is Cc1noc(-c2ccc(-n3ncc(C(=O)N4CCN(c5ccccn5)CC4)c3C)nc2)n1. The minimum Gasteiger partial charge on any atom is -0.353 e. The molecule has 10 heteroatoms. The molecule has 1 amide bonds. The summed E-state index contributed by atoms with van der Waals surface area (Å²) in [6.07, 6.45) is 5.05. The smallest absolute Gasteiger partial charge is 0.259 e. The minimum atomic E-state index is -0.0209. The normalized spacial score (nSPS) is 14.1. The van der Waals surface area contributed by atoms with E-state index in [9.17, 15) is 4.79 Å². The van der Waals surface area contributed by atoms with Crippen molar-refractivity contribution in [3.63, 3.8) is 0 Å². The van der Waals surface area contributed by atoms with Gasteiger partial charge in [0, 0.05) is 38.6 Å². The number of aryl methyl sites for hydroxylation is 1. The van der Waals surface area contributed by atoms with Crippen LogP contribution in [0.4, 0.5) is 5.82 Å². The highest BCUT2D eigenvalue weighted by molar-refractivity contribution is 5.95. The van der Waals surface area contributed by atoms with Crippen LogP contribution in [0.1, 0.15) is 21.9 Å². The van der Waals surface area contributed by atoms with Gasteiger partial charge in [0.1, 0.15) is 5.82 Å². The minimum absolute atomic E-state index is 0.0209. The van der Waals surface area contributed by atoms with Crippen molar-refractivity contribution in [2.24, 2.45) is 0 Å². The average Bonchev–Trinajstić information content (AvgIpc) is 3.45. The van der Waals surface area contributed by atoms with E-state index in [1.807, 2.05) is 42.2 Å². The lowest BCUT2D eigenvalue weighted by molar-refractivity contribution is 0.0745. The van der Waals surface area contributed by atoms with E-state index in [-0.39, 0.29) is 5.91 Å². The van der Waals surface area contributed by atoms with Crippen molar-refractivity contribution in [2.75, 3.05) is 31.1 Å². The number of aromatic nitrogens is 6. The lowest BCUT2D eigenvalue weighted by Crippen LogP contribution is -2.49. The first-order valence-electron chi connectivity index (χ1n) is 10.4. The molecule has 162 valence electrons. The fourth-order valence-electron chi connectivity index (χ4n) is 3.75. The molecule has 0 saturated carbocycles. The number of piperazine rings is 1. The second-order valence-corrected chi connectivity index (χ2v) is 7.57. The van der Waals surface area contributed by atoms with E-state index >= 15 is 0 Å². The Morgan fingerprint density at radius 3 is 2.47 bits per heavy atom. The first-order valence-corrected chi connectivity index (χ1v) is 10.4. The van der Waals surface area contributed by atoms with Gasteiger partial charge in [-0.1, -0.05) is 11.2 Å². The van der Waals surface area contributed by atoms with Crippen molar-refractivity contribution >= 4 is 11.7 Å². The Morgan fingerprint density at radius 2 is 1.81 bits per heavy atom. The predicted octanol–water partition coefficient (Wildman–Crippen LogP) is 2.29. The molecule has 0 aliphatic carbocycles. The molecule has 5 rings (SSSR count). The van der Waals surface area contributed by atoms with Crippen LogP contribution in [0.15, 0.2) is 53.4 Å². The molecular formula is C22H22N8O2. The van der Waals surface area contributed by atoms with Gasteiger partial charge in [0.05, 0.1) is 23.0 Å². The van der Waals surface area contributed by atoms with E-state index < -0.39 is 0 Å². The third-order valence-electron chi connectivity index (χ3n) is 5.52.